The molecular formula is C20H21N3O2S. The molecule has 4 N–H and O–H groups in total. The second-order valence-corrected chi connectivity index (χ2v) is 7.59. The third kappa shape index (κ3) is 3.17. The number of carbonyl (C=O) groups is 2. The molecule has 0 bridgehead atoms. The number of urea groups is 1. The fraction of sp³-hybridized carbons (Fsp3) is 0.300. The van der Waals surface area contributed by atoms with Crippen molar-refractivity contribution in [1.82, 2.24) is 4.72 Å². The van der Waals surface area contributed by atoms with Crippen molar-refractivity contribution in [2.45, 2.75) is 43.4 Å². The van der Waals surface area contributed by atoms with Crippen LogP contribution < -0.4 is 15.8 Å². The molecule has 0 spiro atoms. The summed E-state index contributed by atoms with van der Waals surface area (Å²) in [5.41, 5.74) is 12.4. The Kier molecular flexibility index (Phi) is 4.59. The summed E-state index contributed by atoms with van der Waals surface area (Å²) in [4.78, 5) is 24.5. The minimum absolute atomic E-state index is 0.290. The average Bonchev–Trinajstić information content (AvgIpc) is 3.28. The number of rotatable bonds is 4. The van der Waals surface area contributed by atoms with Crippen LogP contribution in [0, 0.1) is 0 Å². The highest BCUT2D eigenvalue weighted by Crippen LogP contribution is 2.38. The van der Waals surface area contributed by atoms with Gasteiger partial charge < -0.3 is 11.1 Å². The fourth-order valence-electron chi connectivity index (χ4n) is 4.03. The zero-order valence-electron chi connectivity index (χ0n) is 14.4. The summed E-state index contributed by atoms with van der Waals surface area (Å²) in [6, 6.07) is 8.82. The second kappa shape index (κ2) is 7.03. The molecule has 3 amide bonds. The molecule has 0 heterocycles. The quantitative estimate of drug-likeness (QED) is 0.722. The maximum absolute atomic E-state index is 12.4. The van der Waals surface area contributed by atoms with Crippen LogP contribution in [0.1, 0.15) is 45.5 Å². The van der Waals surface area contributed by atoms with Gasteiger partial charge in [0.05, 0.1) is 5.56 Å². The summed E-state index contributed by atoms with van der Waals surface area (Å²) in [7, 11) is 0. The number of fused-ring (bicyclic) bond motifs is 3. The summed E-state index contributed by atoms with van der Waals surface area (Å²) >= 11 is 1.10. The van der Waals surface area contributed by atoms with Crippen molar-refractivity contribution >= 4 is 29.6 Å². The molecule has 5 nitrogen and oxygen atoms in total. The first-order valence-electron chi connectivity index (χ1n) is 8.92. The van der Waals surface area contributed by atoms with Gasteiger partial charge in [-0.15, -0.1) is 0 Å². The second-order valence-electron chi connectivity index (χ2n) is 6.74. The Labute approximate surface area is 156 Å². The summed E-state index contributed by atoms with van der Waals surface area (Å²) in [6.45, 7) is 0. The van der Waals surface area contributed by atoms with Gasteiger partial charge in [-0.25, -0.2) is 4.79 Å². The summed E-state index contributed by atoms with van der Waals surface area (Å²) in [5, 5.41) is 3.00. The molecule has 2 aromatic rings. The van der Waals surface area contributed by atoms with E-state index in [1.54, 1.807) is 18.2 Å². The van der Waals surface area contributed by atoms with Gasteiger partial charge in [-0.1, -0.05) is 12.1 Å². The number of hydrogen-bond acceptors (Lipinski definition) is 3. The van der Waals surface area contributed by atoms with E-state index in [1.165, 1.54) is 35.1 Å². The number of nitrogens with two attached hydrogens (primary N) is 1. The highest BCUT2D eigenvalue weighted by molar-refractivity contribution is 7.98. The molecule has 0 aliphatic heterocycles. The minimum atomic E-state index is -0.508. The molecule has 134 valence electrons. The summed E-state index contributed by atoms with van der Waals surface area (Å²) < 4.78 is 2.76. The lowest BCUT2D eigenvalue weighted by Crippen LogP contribution is -2.24. The standard InChI is InChI=1S/C20H21N3O2S/c21-19(24)16-6-1-2-10-18(16)26-23-20(25)22-17-11-12-5-3-7-13(12)14-8-4-9-15(14)17/h1-2,6,10-11H,3-5,7-9H2,(H2,21,24)(H2,22,23,25). The van der Waals surface area contributed by atoms with Crippen molar-refractivity contribution in [3.05, 3.63) is 58.1 Å². The van der Waals surface area contributed by atoms with Crippen LogP contribution >= 0.6 is 11.9 Å². The van der Waals surface area contributed by atoms with Gasteiger partial charge in [-0.3, -0.25) is 9.52 Å². The van der Waals surface area contributed by atoms with Gasteiger partial charge in [0.1, 0.15) is 0 Å². The molecule has 6 heteroatoms. The Morgan fingerprint density at radius 3 is 2.54 bits per heavy atom. The van der Waals surface area contributed by atoms with E-state index in [4.69, 9.17) is 5.73 Å². The lowest BCUT2D eigenvalue weighted by molar-refractivity contribution is 0.0997. The summed E-state index contributed by atoms with van der Waals surface area (Å²) in [6.07, 6.45) is 6.77. The first-order chi connectivity index (χ1) is 12.6. The van der Waals surface area contributed by atoms with Crippen molar-refractivity contribution in [3.8, 4) is 0 Å². The fourth-order valence-corrected chi connectivity index (χ4v) is 4.71. The van der Waals surface area contributed by atoms with Crippen LogP contribution in [0.5, 0.6) is 0 Å². The molecule has 0 unspecified atom stereocenters. The molecule has 4 rings (SSSR count). The van der Waals surface area contributed by atoms with E-state index in [1.807, 2.05) is 6.07 Å². The Morgan fingerprint density at radius 1 is 0.962 bits per heavy atom. The monoisotopic (exact) mass is 367 g/mol. The Balaban J connectivity index is 1.48. The molecule has 2 aliphatic rings. The third-order valence-corrected chi connectivity index (χ3v) is 6.00. The molecule has 0 radical (unpaired) electrons. The Bertz CT molecular complexity index is 895. The van der Waals surface area contributed by atoms with Crippen molar-refractivity contribution in [3.63, 3.8) is 0 Å². The largest absolute Gasteiger partial charge is 0.366 e. The van der Waals surface area contributed by atoms with Gasteiger partial charge in [0.2, 0.25) is 5.91 Å². The van der Waals surface area contributed by atoms with E-state index < -0.39 is 5.91 Å². The van der Waals surface area contributed by atoms with Gasteiger partial charge in [0.25, 0.3) is 0 Å². The van der Waals surface area contributed by atoms with Crippen LogP contribution in [0.4, 0.5) is 10.5 Å². The molecule has 2 aromatic carbocycles. The van der Waals surface area contributed by atoms with E-state index in [9.17, 15) is 9.59 Å². The number of hydrogen-bond donors (Lipinski definition) is 3. The number of benzene rings is 2. The van der Waals surface area contributed by atoms with E-state index in [2.05, 4.69) is 16.1 Å². The van der Waals surface area contributed by atoms with Gasteiger partial charge >= 0.3 is 6.03 Å². The number of carbonyl (C=O) groups excluding carboxylic acids is 2. The number of nitrogens with one attached hydrogen (secondary N) is 2. The molecule has 2 aliphatic carbocycles. The van der Waals surface area contributed by atoms with E-state index in [0.29, 0.717) is 10.5 Å². The zero-order valence-corrected chi connectivity index (χ0v) is 15.2. The Morgan fingerprint density at radius 2 is 1.69 bits per heavy atom. The smallest absolute Gasteiger partial charge is 0.329 e. The molecule has 0 saturated heterocycles. The van der Waals surface area contributed by atoms with Gasteiger partial charge in [0, 0.05) is 10.6 Å². The van der Waals surface area contributed by atoms with Crippen LogP contribution in [-0.2, 0) is 25.7 Å². The summed E-state index contributed by atoms with van der Waals surface area (Å²) in [5.74, 6) is -0.508. The maximum Gasteiger partial charge on any atom is 0.329 e. The van der Waals surface area contributed by atoms with Crippen LogP contribution in [0.2, 0.25) is 0 Å². The number of primary amides is 1. The van der Waals surface area contributed by atoms with Gasteiger partial charge in [-0.2, -0.15) is 0 Å². The predicted octanol–water partition coefficient (Wildman–Crippen LogP) is 3.59. The molecule has 26 heavy (non-hydrogen) atoms. The maximum atomic E-state index is 12.4. The molecule has 0 fully saturated rings. The van der Waals surface area contributed by atoms with Gasteiger partial charge in [0.15, 0.2) is 0 Å². The number of anilines is 1. The van der Waals surface area contributed by atoms with Gasteiger partial charge in [-0.05, 0) is 90.9 Å². The predicted molar refractivity (Wildman–Crippen MR) is 103 cm³/mol. The molecule has 0 saturated carbocycles. The number of amides is 3. The first kappa shape index (κ1) is 17.0. The lowest BCUT2D eigenvalue weighted by atomic mass is 9.98. The average molecular weight is 367 g/mol. The van der Waals surface area contributed by atoms with E-state index in [0.717, 1.165) is 43.3 Å². The van der Waals surface area contributed by atoms with Crippen LogP contribution in [0.15, 0.2) is 35.2 Å². The first-order valence-corrected chi connectivity index (χ1v) is 9.74. The highest BCUT2D eigenvalue weighted by atomic mass is 32.2. The van der Waals surface area contributed by atoms with Crippen molar-refractivity contribution in [1.29, 1.82) is 0 Å². The van der Waals surface area contributed by atoms with Crippen LogP contribution in [0.3, 0.4) is 0 Å². The van der Waals surface area contributed by atoms with E-state index >= 15 is 0 Å². The van der Waals surface area contributed by atoms with Crippen molar-refractivity contribution in [2.75, 3.05) is 5.32 Å². The normalized spacial score (nSPS) is 14.6. The van der Waals surface area contributed by atoms with E-state index in [-0.39, 0.29) is 6.03 Å². The number of aryl methyl sites for hydroxylation is 1. The Hall–Kier alpha value is -2.47. The third-order valence-electron chi connectivity index (χ3n) is 5.14. The molecule has 0 aromatic heterocycles. The van der Waals surface area contributed by atoms with Crippen molar-refractivity contribution < 1.29 is 9.59 Å². The van der Waals surface area contributed by atoms with Crippen molar-refractivity contribution in [2.24, 2.45) is 5.73 Å². The minimum Gasteiger partial charge on any atom is -0.366 e. The highest BCUT2D eigenvalue weighted by Gasteiger charge is 2.25. The lowest BCUT2D eigenvalue weighted by Gasteiger charge is -2.15. The topological polar surface area (TPSA) is 84.2 Å². The zero-order chi connectivity index (χ0) is 18.1. The SMILES string of the molecule is NC(=O)c1ccccc1SNC(=O)Nc1cc2c(c3c1CCC3)CCC2. The van der Waals surface area contributed by atoms with Crippen LogP contribution in [0.25, 0.3) is 0 Å². The molecular weight excluding hydrogens is 346 g/mol. The van der Waals surface area contributed by atoms with Crippen LogP contribution in [-0.4, -0.2) is 11.9 Å². The molecule has 0 atom stereocenters.